The van der Waals surface area contributed by atoms with Gasteiger partial charge >= 0.3 is 0 Å². The molecule has 1 aromatic rings. The lowest BCUT2D eigenvalue weighted by Gasteiger charge is -2.12. The Bertz CT molecular complexity index is 606. The molecule has 0 saturated heterocycles. The number of hydrogen-bond acceptors (Lipinski definition) is 3. The Morgan fingerprint density at radius 2 is 2.00 bits per heavy atom. The third kappa shape index (κ3) is 6.91. The number of hydrogen-bond donors (Lipinski definition) is 2. The normalized spacial score (nSPS) is 11.7. The van der Waals surface area contributed by atoms with Gasteiger partial charge in [0.2, 0.25) is 0 Å². The van der Waals surface area contributed by atoms with Crippen molar-refractivity contribution >= 4 is 39.8 Å². The van der Waals surface area contributed by atoms with Crippen LogP contribution in [0, 0.1) is 6.92 Å². The number of nitrogens with one attached hydrogen (secondary N) is 2. The molecule has 126 valence electrons. The van der Waals surface area contributed by atoms with Crippen molar-refractivity contribution < 1.29 is 12.8 Å². The van der Waals surface area contributed by atoms with Crippen LogP contribution in [-0.2, 0) is 16.4 Å². The van der Waals surface area contributed by atoms with Crippen molar-refractivity contribution in [2.75, 3.05) is 26.5 Å². The van der Waals surface area contributed by atoms with E-state index in [1.807, 2.05) is 6.07 Å². The molecule has 0 unspecified atom stereocenters. The summed E-state index contributed by atoms with van der Waals surface area (Å²) in [6.45, 7) is 2.44. The first-order chi connectivity index (χ1) is 9.88. The van der Waals surface area contributed by atoms with Gasteiger partial charge < -0.3 is 10.6 Å². The van der Waals surface area contributed by atoms with E-state index >= 15 is 0 Å². The SMILES string of the molecule is CN=C(NCCCF)NCc1ccc(S(C)(=O)=O)c(C)c1.I. The van der Waals surface area contributed by atoms with Crippen molar-refractivity contribution in [3.05, 3.63) is 29.3 Å². The van der Waals surface area contributed by atoms with E-state index in [2.05, 4.69) is 15.6 Å². The number of nitrogens with zero attached hydrogens (tertiary/aromatic N) is 1. The second-order valence-corrected chi connectivity index (χ2v) is 6.75. The molecule has 5 nitrogen and oxygen atoms in total. The van der Waals surface area contributed by atoms with Crippen LogP contribution >= 0.6 is 24.0 Å². The highest BCUT2D eigenvalue weighted by atomic mass is 127. The molecule has 0 atom stereocenters. The first-order valence-electron chi connectivity index (χ1n) is 6.68. The van der Waals surface area contributed by atoms with Crippen molar-refractivity contribution in [2.45, 2.75) is 24.8 Å². The summed E-state index contributed by atoms with van der Waals surface area (Å²) in [7, 11) is -1.55. The fourth-order valence-electron chi connectivity index (χ4n) is 1.92. The molecular weight excluding hydrogens is 420 g/mol. The van der Waals surface area contributed by atoms with Gasteiger partial charge in [0.1, 0.15) is 0 Å². The fourth-order valence-corrected chi connectivity index (χ4v) is 2.88. The second kappa shape index (κ2) is 9.98. The summed E-state index contributed by atoms with van der Waals surface area (Å²) in [5.74, 6) is 0.591. The molecule has 0 aliphatic rings. The molecule has 22 heavy (non-hydrogen) atoms. The van der Waals surface area contributed by atoms with Crippen molar-refractivity contribution in [3.8, 4) is 0 Å². The van der Waals surface area contributed by atoms with Gasteiger partial charge in [-0.2, -0.15) is 0 Å². The molecule has 0 bridgehead atoms. The maximum absolute atomic E-state index is 12.0. The molecule has 0 spiro atoms. The third-order valence-electron chi connectivity index (χ3n) is 2.93. The topological polar surface area (TPSA) is 70.6 Å². The standard InChI is InChI=1S/C14H22FN3O2S.HI/c1-11-9-12(5-6-13(11)21(3,19)20)10-18-14(16-2)17-8-4-7-15;/h5-6,9H,4,7-8,10H2,1-3H3,(H2,16,17,18);1H. The van der Waals surface area contributed by atoms with Crippen molar-refractivity contribution in [3.63, 3.8) is 0 Å². The Hall–Kier alpha value is -0.900. The molecule has 1 aromatic carbocycles. The first-order valence-corrected chi connectivity index (χ1v) is 8.57. The molecular formula is C14H23FIN3O2S. The van der Waals surface area contributed by atoms with Gasteiger partial charge in [0.25, 0.3) is 0 Å². The van der Waals surface area contributed by atoms with Crippen molar-refractivity contribution in [2.24, 2.45) is 4.99 Å². The summed E-state index contributed by atoms with van der Waals surface area (Å²) >= 11 is 0. The summed E-state index contributed by atoms with van der Waals surface area (Å²) in [6, 6.07) is 5.21. The first kappa shape index (κ1) is 21.1. The van der Waals surface area contributed by atoms with E-state index in [4.69, 9.17) is 0 Å². The predicted molar refractivity (Wildman–Crippen MR) is 98.5 cm³/mol. The zero-order chi connectivity index (χ0) is 15.9. The Morgan fingerprint density at radius 3 is 2.50 bits per heavy atom. The largest absolute Gasteiger partial charge is 0.356 e. The van der Waals surface area contributed by atoms with Crippen LogP contribution in [0.25, 0.3) is 0 Å². The zero-order valence-electron chi connectivity index (χ0n) is 13.0. The van der Waals surface area contributed by atoms with E-state index < -0.39 is 9.84 Å². The molecule has 0 saturated carbocycles. The summed E-state index contributed by atoms with van der Waals surface area (Å²) in [5.41, 5.74) is 1.67. The molecule has 0 aliphatic heterocycles. The number of halogens is 2. The van der Waals surface area contributed by atoms with Crippen LogP contribution < -0.4 is 10.6 Å². The number of rotatable bonds is 6. The maximum atomic E-state index is 12.0. The average molecular weight is 443 g/mol. The molecule has 0 fully saturated rings. The highest BCUT2D eigenvalue weighted by molar-refractivity contribution is 14.0. The zero-order valence-corrected chi connectivity index (χ0v) is 16.2. The number of aryl methyl sites for hydroxylation is 1. The number of sulfone groups is 1. The number of benzene rings is 1. The van der Waals surface area contributed by atoms with Gasteiger partial charge in [0, 0.05) is 26.4 Å². The molecule has 0 amide bonds. The summed E-state index contributed by atoms with van der Waals surface area (Å²) < 4.78 is 35.1. The molecule has 0 aliphatic carbocycles. The Morgan fingerprint density at radius 1 is 1.32 bits per heavy atom. The smallest absolute Gasteiger partial charge is 0.191 e. The molecule has 1 rings (SSSR count). The van der Waals surface area contributed by atoms with Crippen LogP contribution in [0.4, 0.5) is 4.39 Å². The van der Waals surface area contributed by atoms with E-state index in [0.717, 1.165) is 11.1 Å². The fraction of sp³-hybridized carbons (Fsp3) is 0.500. The van der Waals surface area contributed by atoms with Gasteiger partial charge in [-0.15, -0.1) is 24.0 Å². The summed E-state index contributed by atoms with van der Waals surface area (Å²) in [5, 5.41) is 6.09. The van der Waals surface area contributed by atoms with Crippen LogP contribution in [-0.4, -0.2) is 40.9 Å². The molecule has 8 heteroatoms. The van der Waals surface area contributed by atoms with Gasteiger partial charge in [-0.1, -0.05) is 12.1 Å². The van der Waals surface area contributed by atoms with Crippen molar-refractivity contribution in [1.29, 1.82) is 0 Å². The van der Waals surface area contributed by atoms with Crippen LogP contribution in [0.15, 0.2) is 28.1 Å². The van der Waals surface area contributed by atoms with E-state index in [9.17, 15) is 12.8 Å². The van der Waals surface area contributed by atoms with Gasteiger partial charge in [0.05, 0.1) is 11.6 Å². The maximum Gasteiger partial charge on any atom is 0.191 e. The lowest BCUT2D eigenvalue weighted by molar-refractivity contribution is 0.470. The van der Waals surface area contributed by atoms with Crippen molar-refractivity contribution in [1.82, 2.24) is 10.6 Å². The van der Waals surface area contributed by atoms with E-state index in [1.54, 1.807) is 26.1 Å². The minimum absolute atomic E-state index is 0. The molecule has 0 radical (unpaired) electrons. The highest BCUT2D eigenvalue weighted by Crippen LogP contribution is 2.16. The quantitative estimate of drug-likeness (QED) is 0.306. The number of alkyl halides is 1. The average Bonchev–Trinajstić information content (AvgIpc) is 2.41. The van der Waals surface area contributed by atoms with Gasteiger partial charge in [-0.05, 0) is 30.5 Å². The highest BCUT2D eigenvalue weighted by Gasteiger charge is 2.10. The molecule has 0 aromatic heterocycles. The van der Waals surface area contributed by atoms with Crippen LogP contribution in [0.3, 0.4) is 0 Å². The second-order valence-electron chi connectivity index (χ2n) is 4.77. The van der Waals surface area contributed by atoms with Gasteiger partial charge in [-0.25, -0.2) is 8.42 Å². The summed E-state index contributed by atoms with van der Waals surface area (Å²) in [6.07, 6.45) is 1.63. The summed E-state index contributed by atoms with van der Waals surface area (Å²) in [4.78, 5) is 4.37. The van der Waals surface area contributed by atoms with E-state index in [1.165, 1.54) is 6.26 Å². The van der Waals surface area contributed by atoms with Gasteiger partial charge in [0.15, 0.2) is 15.8 Å². The van der Waals surface area contributed by atoms with Crippen LogP contribution in [0.1, 0.15) is 17.5 Å². The van der Waals surface area contributed by atoms with E-state index in [-0.39, 0.29) is 30.7 Å². The minimum atomic E-state index is -3.19. The number of aliphatic imine (C=N–C) groups is 1. The predicted octanol–water partition coefficient (Wildman–Crippen LogP) is 2.04. The Labute approximate surface area is 148 Å². The lowest BCUT2D eigenvalue weighted by atomic mass is 10.1. The third-order valence-corrected chi connectivity index (χ3v) is 4.18. The molecule has 0 heterocycles. The number of guanidine groups is 1. The van der Waals surface area contributed by atoms with Gasteiger partial charge in [-0.3, -0.25) is 9.38 Å². The lowest BCUT2D eigenvalue weighted by Crippen LogP contribution is -2.37. The molecule has 2 N–H and O–H groups in total. The van der Waals surface area contributed by atoms with Crippen LogP contribution in [0.5, 0.6) is 0 Å². The minimum Gasteiger partial charge on any atom is -0.356 e. The van der Waals surface area contributed by atoms with Crippen LogP contribution in [0.2, 0.25) is 0 Å². The van der Waals surface area contributed by atoms with E-state index in [0.29, 0.717) is 30.4 Å². The Balaban J connectivity index is 0.00000441. The Kier molecular flexibility index (Phi) is 9.58. The monoisotopic (exact) mass is 443 g/mol.